The normalized spacial score (nSPS) is 21.2. The molecular weight excluding hydrogens is 374 g/mol. The highest BCUT2D eigenvalue weighted by Crippen LogP contribution is 2.30. The fourth-order valence-electron chi connectivity index (χ4n) is 3.32. The lowest BCUT2D eigenvalue weighted by atomic mass is 9.94. The third-order valence-electron chi connectivity index (χ3n) is 5.15. The Balaban J connectivity index is 1.77. The van der Waals surface area contributed by atoms with Crippen molar-refractivity contribution in [2.75, 3.05) is 25.5 Å². The summed E-state index contributed by atoms with van der Waals surface area (Å²) in [7, 11) is 1.59. The van der Waals surface area contributed by atoms with Crippen LogP contribution >= 0.6 is 0 Å². The van der Waals surface area contributed by atoms with Crippen LogP contribution in [0.2, 0.25) is 0 Å². The van der Waals surface area contributed by atoms with Gasteiger partial charge in [-0.15, -0.1) is 0 Å². The molecule has 2 atom stereocenters. The average Bonchev–Trinajstić information content (AvgIpc) is 2.93. The minimum atomic E-state index is -0.494. The molecule has 2 aliphatic rings. The highest BCUT2D eigenvalue weighted by Gasteiger charge is 2.32. The number of urea groups is 1. The van der Waals surface area contributed by atoms with Crippen molar-refractivity contribution in [3.8, 4) is 5.75 Å². The number of carbonyl (C=O) groups excluding carboxylic acids is 2. The monoisotopic (exact) mass is 401 g/mol. The fourth-order valence-corrected chi connectivity index (χ4v) is 3.32. The van der Waals surface area contributed by atoms with Crippen molar-refractivity contribution in [2.45, 2.75) is 26.4 Å². The van der Waals surface area contributed by atoms with Crippen LogP contribution in [0.3, 0.4) is 0 Å². The van der Waals surface area contributed by atoms with Crippen molar-refractivity contribution in [1.82, 2.24) is 10.4 Å². The Morgan fingerprint density at radius 2 is 2.00 bits per heavy atom. The van der Waals surface area contributed by atoms with Crippen molar-refractivity contribution in [1.29, 1.82) is 0 Å². The van der Waals surface area contributed by atoms with Gasteiger partial charge in [0.15, 0.2) is 0 Å². The van der Waals surface area contributed by atoms with Gasteiger partial charge in [-0.1, -0.05) is 19.9 Å². The molecular formula is C21H27N3O5. The topological polar surface area (TPSA) is 100 Å². The number of fused-ring (bicyclic) bond motifs is 1. The van der Waals surface area contributed by atoms with Crippen LogP contribution in [-0.4, -0.2) is 48.3 Å². The minimum Gasteiger partial charge on any atom is -0.497 e. The molecule has 8 nitrogen and oxygen atoms in total. The Labute approximate surface area is 170 Å². The largest absolute Gasteiger partial charge is 0.497 e. The van der Waals surface area contributed by atoms with Gasteiger partial charge in [0, 0.05) is 11.3 Å². The van der Waals surface area contributed by atoms with E-state index in [1.807, 2.05) is 19.9 Å². The summed E-state index contributed by atoms with van der Waals surface area (Å²) in [5, 5.41) is 11.8. The van der Waals surface area contributed by atoms with E-state index < -0.39 is 11.8 Å². The second-order valence-corrected chi connectivity index (χ2v) is 7.52. The number of hydroxylamine groups is 1. The van der Waals surface area contributed by atoms with Crippen LogP contribution in [0.1, 0.15) is 20.3 Å². The number of carbonyl (C=O) groups is 2. The first kappa shape index (κ1) is 20.7. The highest BCUT2D eigenvalue weighted by molar-refractivity contribution is 5.89. The van der Waals surface area contributed by atoms with Gasteiger partial charge in [-0.3, -0.25) is 10.0 Å². The van der Waals surface area contributed by atoms with Crippen LogP contribution < -0.4 is 15.5 Å². The van der Waals surface area contributed by atoms with E-state index in [2.05, 4.69) is 5.32 Å². The van der Waals surface area contributed by atoms with Crippen molar-refractivity contribution < 1.29 is 24.3 Å². The summed E-state index contributed by atoms with van der Waals surface area (Å²) in [6, 6.07) is 6.92. The standard InChI is InChI=1S/C21H27N3O5/c1-13(2)19-12-24(21(26)22-16-6-8-17(28-3)9-7-16)11-15-5-4-14(20(25)23-27)10-18(15)29-19/h5-10,13-14,19,27H,4,11-12H2,1-3H3,(H,22,26)(H,23,25)/t14?,19-/m0/s1. The quantitative estimate of drug-likeness (QED) is 0.532. The molecule has 0 aromatic heterocycles. The van der Waals surface area contributed by atoms with Crippen molar-refractivity contribution in [3.05, 3.63) is 47.7 Å². The van der Waals surface area contributed by atoms with E-state index in [1.54, 1.807) is 47.8 Å². The predicted octanol–water partition coefficient (Wildman–Crippen LogP) is 2.92. The second-order valence-electron chi connectivity index (χ2n) is 7.52. The smallest absolute Gasteiger partial charge is 0.322 e. The molecule has 3 amide bonds. The first-order chi connectivity index (χ1) is 13.9. The Kier molecular flexibility index (Phi) is 6.43. The molecule has 8 heteroatoms. The molecule has 1 aliphatic carbocycles. The number of methoxy groups -OCH3 is 1. The van der Waals surface area contributed by atoms with E-state index in [4.69, 9.17) is 14.7 Å². The van der Waals surface area contributed by atoms with E-state index >= 15 is 0 Å². The van der Waals surface area contributed by atoms with Gasteiger partial charge in [0.25, 0.3) is 5.91 Å². The van der Waals surface area contributed by atoms with Crippen LogP contribution in [0.15, 0.2) is 47.7 Å². The maximum absolute atomic E-state index is 12.9. The first-order valence-electron chi connectivity index (χ1n) is 9.63. The number of hydrogen-bond acceptors (Lipinski definition) is 5. The molecule has 1 unspecified atom stereocenters. The molecule has 29 heavy (non-hydrogen) atoms. The number of allylic oxidation sites excluding steroid dienone is 1. The van der Waals surface area contributed by atoms with E-state index in [1.165, 1.54) is 0 Å². The highest BCUT2D eigenvalue weighted by atomic mass is 16.5. The van der Waals surface area contributed by atoms with Crippen LogP contribution in [0.25, 0.3) is 0 Å². The molecule has 1 fully saturated rings. The number of anilines is 1. The number of amides is 3. The second kappa shape index (κ2) is 9.00. The molecule has 1 aromatic carbocycles. The Hall–Kier alpha value is -3.00. The average molecular weight is 401 g/mol. The van der Waals surface area contributed by atoms with Gasteiger partial charge >= 0.3 is 6.03 Å². The molecule has 0 saturated carbocycles. The third kappa shape index (κ3) is 4.89. The molecule has 0 radical (unpaired) electrons. The molecule has 1 aromatic rings. The van der Waals surface area contributed by atoms with Crippen LogP contribution in [0.4, 0.5) is 10.5 Å². The van der Waals surface area contributed by atoms with E-state index in [-0.39, 0.29) is 18.1 Å². The number of hydrogen-bond donors (Lipinski definition) is 3. The summed E-state index contributed by atoms with van der Waals surface area (Å²) in [6.45, 7) is 4.86. The Bertz CT molecular complexity index is 816. The summed E-state index contributed by atoms with van der Waals surface area (Å²) in [4.78, 5) is 26.4. The summed E-state index contributed by atoms with van der Waals surface area (Å²) >= 11 is 0. The maximum Gasteiger partial charge on any atom is 0.322 e. The number of rotatable bonds is 4. The summed E-state index contributed by atoms with van der Waals surface area (Å²) in [6.07, 6.45) is 3.84. The van der Waals surface area contributed by atoms with Gasteiger partial charge in [-0.05, 0) is 42.7 Å². The van der Waals surface area contributed by atoms with E-state index in [9.17, 15) is 9.59 Å². The van der Waals surface area contributed by atoms with E-state index in [0.717, 1.165) is 11.3 Å². The molecule has 1 aliphatic heterocycles. The first-order valence-corrected chi connectivity index (χ1v) is 9.63. The molecule has 1 saturated heterocycles. The number of ether oxygens (including phenoxy) is 2. The lowest BCUT2D eigenvalue weighted by Crippen LogP contribution is -2.41. The zero-order valence-electron chi connectivity index (χ0n) is 16.8. The molecule has 1 heterocycles. The van der Waals surface area contributed by atoms with Gasteiger partial charge in [0.1, 0.15) is 17.6 Å². The van der Waals surface area contributed by atoms with Crippen molar-refractivity contribution in [2.24, 2.45) is 11.8 Å². The van der Waals surface area contributed by atoms with Gasteiger partial charge < -0.3 is 19.7 Å². The van der Waals surface area contributed by atoms with Crippen molar-refractivity contribution in [3.63, 3.8) is 0 Å². The minimum absolute atomic E-state index is 0.165. The molecule has 0 spiro atoms. The van der Waals surface area contributed by atoms with Crippen LogP contribution in [0, 0.1) is 11.8 Å². The zero-order chi connectivity index (χ0) is 21.0. The number of nitrogens with one attached hydrogen (secondary N) is 2. The lowest BCUT2D eigenvalue weighted by molar-refractivity contribution is -0.131. The SMILES string of the molecule is COc1ccc(NC(=O)N2CC3=CCC(C(=O)NO)C=C3O[C@H](C(C)C)C2)cc1. The number of nitrogens with zero attached hydrogens (tertiary/aromatic N) is 1. The maximum atomic E-state index is 12.9. The summed E-state index contributed by atoms with van der Waals surface area (Å²) in [5.41, 5.74) is 3.23. The van der Waals surface area contributed by atoms with Gasteiger partial charge in [-0.2, -0.15) is 0 Å². The molecule has 3 N–H and O–H groups in total. The van der Waals surface area contributed by atoms with Gasteiger partial charge in [0.05, 0.1) is 26.1 Å². The molecule has 0 bridgehead atoms. The lowest BCUT2D eigenvalue weighted by Gasteiger charge is -2.26. The third-order valence-corrected chi connectivity index (χ3v) is 5.15. The molecule has 156 valence electrons. The Morgan fingerprint density at radius 1 is 1.28 bits per heavy atom. The van der Waals surface area contributed by atoms with Gasteiger partial charge in [-0.25, -0.2) is 10.3 Å². The van der Waals surface area contributed by atoms with Gasteiger partial charge in [0.2, 0.25) is 0 Å². The number of benzene rings is 1. The van der Waals surface area contributed by atoms with Crippen LogP contribution in [0.5, 0.6) is 5.75 Å². The fraction of sp³-hybridized carbons (Fsp3) is 0.429. The zero-order valence-corrected chi connectivity index (χ0v) is 16.8. The molecule has 3 rings (SSSR count). The predicted molar refractivity (Wildman–Crippen MR) is 107 cm³/mol. The van der Waals surface area contributed by atoms with Crippen molar-refractivity contribution >= 4 is 17.6 Å². The van der Waals surface area contributed by atoms with Crippen LogP contribution in [-0.2, 0) is 9.53 Å². The van der Waals surface area contributed by atoms with E-state index in [0.29, 0.717) is 31.0 Å². The summed E-state index contributed by atoms with van der Waals surface area (Å²) in [5.74, 6) is 0.513. The Morgan fingerprint density at radius 3 is 2.62 bits per heavy atom. The summed E-state index contributed by atoms with van der Waals surface area (Å²) < 4.78 is 11.3.